The highest BCUT2D eigenvalue weighted by Gasteiger charge is 2.04. The summed E-state index contributed by atoms with van der Waals surface area (Å²) in [6.45, 7) is 0. The summed E-state index contributed by atoms with van der Waals surface area (Å²) in [6.07, 6.45) is 0.639. The maximum absolute atomic E-state index is 9.50. The molecule has 0 saturated heterocycles. The van der Waals surface area contributed by atoms with Gasteiger partial charge in [0.1, 0.15) is 11.8 Å². The van der Waals surface area contributed by atoms with Crippen LogP contribution in [-0.4, -0.2) is 10.1 Å². The van der Waals surface area contributed by atoms with Crippen molar-refractivity contribution in [2.24, 2.45) is 0 Å². The topological polar surface area (TPSA) is 56.9 Å². The van der Waals surface area contributed by atoms with Gasteiger partial charge in [-0.3, -0.25) is 4.98 Å². The molecule has 1 heterocycles. The molecule has 3 heteroatoms. The van der Waals surface area contributed by atoms with Gasteiger partial charge in [-0.2, -0.15) is 5.26 Å². The Morgan fingerprint density at radius 3 is 2.75 bits per heavy atom. The van der Waals surface area contributed by atoms with Crippen molar-refractivity contribution in [3.63, 3.8) is 0 Å². The van der Waals surface area contributed by atoms with Crippen LogP contribution in [0.5, 0.6) is 5.75 Å². The number of para-hydroxylation sites is 1. The molecule has 0 unspecified atom stereocenters. The SMILES string of the molecule is N#Cc1cc(Cc2ccc3ccccc3n2)ccc1O. The van der Waals surface area contributed by atoms with E-state index in [1.165, 1.54) is 0 Å². The molecular formula is C17H12N2O. The largest absolute Gasteiger partial charge is 0.507 e. The van der Waals surface area contributed by atoms with Gasteiger partial charge in [-0.15, -0.1) is 0 Å². The first-order valence-electron chi connectivity index (χ1n) is 6.33. The smallest absolute Gasteiger partial charge is 0.133 e. The van der Waals surface area contributed by atoms with Gasteiger partial charge in [-0.05, 0) is 29.8 Å². The Hall–Kier alpha value is -2.86. The number of fused-ring (bicyclic) bond motifs is 1. The average molecular weight is 260 g/mol. The Bertz CT molecular complexity index is 819. The molecule has 3 rings (SSSR count). The number of rotatable bonds is 2. The van der Waals surface area contributed by atoms with Gasteiger partial charge in [0.15, 0.2) is 0 Å². The number of aromatic hydroxyl groups is 1. The van der Waals surface area contributed by atoms with Gasteiger partial charge in [0, 0.05) is 17.5 Å². The van der Waals surface area contributed by atoms with Gasteiger partial charge in [0.05, 0.1) is 11.1 Å². The molecule has 0 aliphatic rings. The Labute approximate surface area is 116 Å². The van der Waals surface area contributed by atoms with Crippen LogP contribution < -0.4 is 0 Å². The van der Waals surface area contributed by atoms with E-state index in [1.807, 2.05) is 48.5 Å². The second-order valence-electron chi connectivity index (χ2n) is 4.64. The molecule has 0 atom stereocenters. The molecular weight excluding hydrogens is 248 g/mol. The number of hydrogen-bond donors (Lipinski definition) is 1. The average Bonchev–Trinajstić information content (AvgIpc) is 2.49. The molecule has 0 saturated carbocycles. The molecule has 96 valence electrons. The van der Waals surface area contributed by atoms with Gasteiger partial charge in [0.2, 0.25) is 0 Å². The number of nitriles is 1. The van der Waals surface area contributed by atoms with Crippen molar-refractivity contribution in [2.75, 3.05) is 0 Å². The number of pyridine rings is 1. The van der Waals surface area contributed by atoms with Gasteiger partial charge in [-0.1, -0.05) is 30.3 Å². The third-order valence-corrected chi connectivity index (χ3v) is 3.22. The Kier molecular flexibility index (Phi) is 3.06. The van der Waals surface area contributed by atoms with Crippen molar-refractivity contribution in [3.8, 4) is 11.8 Å². The summed E-state index contributed by atoms with van der Waals surface area (Å²) in [5.74, 6) is 0.0164. The molecule has 0 amide bonds. The van der Waals surface area contributed by atoms with Crippen LogP contribution in [0.25, 0.3) is 10.9 Å². The van der Waals surface area contributed by atoms with Crippen LogP contribution in [0.15, 0.2) is 54.6 Å². The second-order valence-corrected chi connectivity index (χ2v) is 4.64. The normalized spacial score (nSPS) is 10.3. The highest BCUT2D eigenvalue weighted by molar-refractivity contribution is 5.78. The van der Waals surface area contributed by atoms with Crippen LogP contribution in [0.2, 0.25) is 0 Å². The zero-order valence-corrected chi connectivity index (χ0v) is 10.7. The summed E-state index contributed by atoms with van der Waals surface area (Å²) in [5.41, 5.74) is 3.16. The van der Waals surface area contributed by atoms with Crippen molar-refractivity contribution in [3.05, 3.63) is 71.4 Å². The Balaban J connectivity index is 1.95. The first-order chi connectivity index (χ1) is 9.76. The zero-order chi connectivity index (χ0) is 13.9. The molecule has 0 fully saturated rings. The predicted octanol–water partition coefficient (Wildman–Crippen LogP) is 3.40. The van der Waals surface area contributed by atoms with E-state index in [1.54, 1.807) is 12.1 Å². The molecule has 0 radical (unpaired) electrons. The summed E-state index contributed by atoms with van der Waals surface area (Å²) in [6, 6.07) is 19.0. The molecule has 0 spiro atoms. The lowest BCUT2D eigenvalue weighted by Crippen LogP contribution is -1.93. The highest BCUT2D eigenvalue weighted by Crippen LogP contribution is 2.20. The van der Waals surface area contributed by atoms with Gasteiger partial charge < -0.3 is 5.11 Å². The summed E-state index contributed by atoms with van der Waals surface area (Å²) < 4.78 is 0. The van der Waals surface area contributed by atoms with Crippen LogP contribution in [-0.2, 0) is 6.42 Å². The van der Waals surface area contributed by atoms with E-state index in [2.05, 4.69) is 4.98 Å². The van der Waals surface area contributed by atoms with E-state index in [0.717, 1.165) is 22.2 Å². The number of nitrogens with zero attached hydrogens (tertiary/aromatic N) is 2. The number of aromatic nitrogens is 1. The van der Waals surface area contributed by atoms with Crippen LogP contribution in [0.4, 0.5) is 0 Å². The molecule has 0 aliphatic carbocycles. The zero-order valence-electron chi connectivity index (χ0n) is 10.7. The lowest BCUT2D eigenvalue weighted by Gasteiger charge is -2.05. The standard InChI is InChI=1S/C17H12N2O/c18-11-14-9-12(5-8-17(14)20)10-15-7-6-13-3-1-2-4-16(13)19-15/h1-9,20H,10H2. The lowest BCUT2D eigenvalue weighted by molar-refractivity contribution is 0.473. The quantitative estimate of drug-likeness (QED) is 0.768. The summed E-state index contributed by atoms with van der Waals surface area (Å²) in [7, 11) is 0. The van der Waals surface area contributed by atoms with Crippen molar-refractivity contribution < 1.29 is 5.11 Å². The van der Waals surface area contributed by atoms with Crippen molar-refractivity contribution in [1.29, 1.82) is 5.26 Å². The predicted molar refractivity (Wildman–Crippen MR) is 77.4 cm³/mol. The molecule has 0 aliphatic heterocycles. The third-order valence-electron chi connectivity index (χ3n) is 3.22. The molecule has 1 aromatic heterocycles. The number of benzene rings is 2. The molecule has 20 heavy (non-hydrogen) atoms. The minimum absolute atomic E-state index is 0.0164. The fourth-order valence-electron chi connectivity index (χ4n) is 2.20. The van der Waals surface area contributed by atoms with Crippen molar-refractivity contribution in [1.82, 2.24) is 4.98 Å². The van der Waals surface area contributed by atoms with Gasteiger partial charge >= 0.3 is 0 Å². The molecule has 1 N–H and O–H groups in total. The summed E-state index contributed by atoms with van der Waals surface area (Å²) in [4.78, 5) is 4.60. The van der Waals surface area contributed by atoms with Gasteiger partial charge in [-0.25, -0.2) is 0 Å². The maximum Gasteiger partial charge on any atom is 0.133 e. The maximum atomic E-state index is 9.50. The van der Waals surface area contributed by atoms with Crippen molar-refractivity contribution in [2.45, 2.75) is 6.42 Å². The fraction of sp³-hybridized carbons (Fsp3) is 0.0588. The van der Waals surface area contributed by atoms with Crippen LogP contribution in [0, 0.1) is 11.3 Å². The monoisotopic (exact) mass is 260 g/mol. The molecule has 0 bridgehead atoms. The summed E-state index contributed by atoms with van der Waals surface area (Å²) in [5, 5.41) is 19.5. The van der Waals surface area contributed by atoms with Crippen LogP contribution >= 0.6 is 0 Å². The van der Waals surface area contributed by atoms with Gasteiger partial charge in [0.25, 0.3) is 0 Å². The first-order valence-corrected chi connectivity index (χ1v) is 6.33. The van der Waals surface area contributed by atoms with E-state index in [9.17, 15) is 5.11 Å². The van der Waals surface area contributed by atoms with Crippen LogP contribution in [0.3, 0.4) is 0 Å². The summed E-state index contributed by atoms with van der Waals surface area (Å²) >= 11 is 0. The lowest BCUT2D eigenvalue weighted by atomic mass is 10.0. The fourth-order valence-corrected chi connectivity index (χ4v) is 2.20. The van der Waals surface area contributed by atoms with E-state index >= 15 is 0 Å². The van der Waals surface area contributed by atoms with E-state index in [4.69, 9.17) is 5.26 Å². The van der Waals surface area contributed by atoms with E-state index in [-0.39, 0.29) is 5.75 Å². The Morgan fingerprint density at radius 2 is 1.90 bits per heavy atom. The molecule has 3 aromatic rings. The molecule has 3 nitrogen and oxygen atoms in total. The van der Waals surface area contributed by atoms with E-state index < -0.39 is 0 Å². The van der Waals surface area contributed by atoms with Crippen molar-refractivity contribution >= 4 is 10.9 Å². The first kappa shape index (κ1) is 12.2. The number of phenols is 1. The minimum atomic E-state index is 0.0164. The number of hydrogen-bond acceptors (Lipinski definition) is 3. The number of phenolic OH excluding ortho intramolecular Hbond substituents is 1. The Morgan fingerprint density at radius 1 is 1.05 bits per heavy atom. The third kappa shape index (κ3) is 2.32. The highest BCUT2D eigenvalue weighted by atomic mass is 16.3. The minimum Gasteiger partial charge on any atom is -0.507 e. The van der Waals surface area contributed by atoms with E-state index in [0.29, 0.717) is 12.0 Å². The second kappa shape index (κ2) is 5.02. The van der Waals surface area contributed by atoms with Crippen LogP contribution in [0.1, 0.15) is 16.8 Å². The molecule has 2 aromatic carbocycles.